The quantitative estimate of drug-likeness (QED) is 0.359. The molecular formula is C25H28N4O5. The van der Waals surface area contributed by atoms with Crippen LogP contribution in [-0.2, 0) is 9.53 Å². The lowest BCUT2D eigenvalue weighted by Gasteiger charge is -2.34. The molecule has 178 valence electrons. The molecule has 5 rings (SSSR count). The Morgan fingerprint density at radius 2 is 2.03 bits per heavy atom. The monoisotopic (exact) mass is 464 g/mol. The normalized spacial score (nSPS) is 18.1. The molecule has 0 bridgehead atoms. The lowest BCUT2D eigenvalue weighted by molar-refractivity contribution is -0.157. The Hall–Kier alpha value is -3.62. The summed E-state index contributed by atoms with van der Waals surface area (Å²) in [5.74, 6) is 1.76. The number of nitrogens with zero attached hydrogens (tertiary/aromatic N) is 4. The number of carbonyl (C=O) groups is 1. The Kier molecular flexibility index (Phi) is 5.63. The first-order chi connectivity index (χ1) is 16.3. The molecule has 1 fully saturated rings. The van der Waals surface area contributed by atoms with Gasteiger partial charge < -0.3 is 18.6 Å². The van der Waals surface area contributed by atoms with Gasteiger partial charge in [0.05, 0.1) is 18.2 Å². The number of furan rings is 1. The zero-order valence-electron chi connectivity index (χ0n) is 19.8. The van der Waals surface area contributed by atoms with Crippen LogP contribution in [0.15, 0.2) is 41.1 Å². The van der Waals surface area contributed by atoms with Crippen LogP contribution in [0.4, 0.5) is 0 Å². The van der Waals surface area contributed by atoms with Crippen molar-refractivity contribution < 1.29 is 23.4 Å². The number of pyridine rings is 1. The molecule has 1 aliphatic carbocycles. The molecule has 4 aromatic heterocycles. The summed E-state index contributed by atoms with van der Waals surface area (Å²) in [6.07, 6.45) is 5.42. The van der Waals surface area contributed by atoms with Crippen LogP contribution in [0, 0.1) is 5.92 Å². The van der Waals surface area contributed by atoms with Gasteiger partial charge in [0.15, 0.2) is 11.4 Å². The van der Waals surface area contributed by atoms with E-state index in [0.717, 1.165) is 18.2 Å². The van der Waals surface area contributed by atoms with Crippen LogP contribution in [0.5, 0.6) is 11.8 Å². The van der Waals surface area contributed by atoms with E-state index < -0.39 is 5.60 Å². The average Bonchev–Trinajstić information content (AvgIpc) is 3.35. The smallest absolute Gasteiger partial charge is 0.306 e. The second kappa shape index (κ2) is 8.62. The summed E-state index contributed by atoms with van der Waals surface area (Å²) in [5.41, 5.74) is 1.61. The Morgan fingerprint density at radius 3 is 2.79 bits per heavy atom. The third kappa shape index (κ3) is 4.55. The second-order valence-corrected chi connectivity index (χ2v) is 9.52. The first kappa shape index (κ1) is 22.2. The van der Waals surface area contributed by atoms with Crippen molar-refractivity contribution in [3.05, 3.63) is 36.7 Å². The van der Waals surface area contributed by atoms with E-state index in [9.17, 15) is 4.79 Å². The van der Waals surface area contributed by atoms with E-state index in [-0.39, 0.29) is 18.0 Å². The molecular weight excluding hydrogens is 436 g/mol. The maximum absolute atomic E-state index is 12.0. The molecule has 0 saturated heterocycles. The van der Waals surface area contributed by atoms with Gasteiger partial charge in [-0.15, -0.1) is 5.10 Å². The van der Waals surface area contributed by atoms with Gasteiger partial charge in [0.25, 0.3) is 0 Å². The highest BCUT2D eigenvalue weighted by Gasteiger charge is 2.34. The zero-order chi connectivity index (χ0) is 23.9. The maximum Gasteiger partial charge on any atom is 0.306 e. The minimum Gasteiger partial charge on any atom is -0.477 e. The molecule has 9 heteroatoms. The molecule has 0 amide bonds. The summed E-state index contributed by atoms with van der Waals surface area (Å²) in [7, 11) is 0. The number of carbonyl (C=O) groups excluding carboxylic acids is 1. The van der Waals surface area contributed by atoms with Gasteiger partial charge in [-0.2, -0.15) is 0 Å². The highest BCUT2D eigenvalue weighted by molar-refractivity contribution is 5.86. The van der Waals surface area contributed by atoms with Crippen LogP contribution in [0.3, 0.4) is 0 Å². The van der Waals surface area contributed by atoms with E-state index in [0.29, 0.717) is 47.5 Å². The summed E-state index contributed by atoms with van der Waals surface area (Å²) in [6, 6.07) is 7.36. The molecule has 0 aromatic carbocycles. The first-order valence-corrected chi connectivity index (χ1v) is 11.5. The topological polar surface area (TPSA) is 101 Å². The number of esters is 1. The van der Waals surface area contributed by atoms with Crippen LogP contribution in [0.25, 0.3) is 28.1 Å². The molecule has 4 heterocycles. The maximum atomic E-state index is 12.0. The lowest BCUT2D eigenvalue weighted by Crippen LogP contribution is -2.36. The molecule has 9 nitrogen and oxygen atoms in total. The second-order valence-electron chi connectivity index (χ2n) is 9.52. The van der Waals surface area contributed by atoms with Crippen LogP contribution in [0.1, 0.15) is 47.0 Å². The number of aromatic nitrogens is 4. The summed E-state index contributed by atoms with van der Waals surface area (Å²) in [6.45, 7) is 8.07. The van der Waals surface area contributed by atoms with Crippen molar-refractivity contribution in [2.24, 2.45) is 5.92 Å². The summed E-state index contributed by atoms with van der Waals surface area (Å²) in [5, 5.41) is 5.43. The number of hydrogen-bond acceptors (Lipinski definition) is 8. The van der Waals surface area contributed by atoms with Crippen LogP contribution >= 0.6 is 0 Å². The van der Waals surface area contributed by atoms with E-state index in [4.69, 9.17) is 18.6 Å². The highest BCUT2D eigenvalue weighted by atomic mass is 16.6. The molecule has 0 spiro atoms. The van der Waals surface area contributed by atoms with Crippen molar-refractivity contribution in [1.82, 2.24) is 19.6 Å². The van der Waals surface area contributed by atoms with Crippen LogP contribution in [-0.4, -0.2) is 43.9 Å². The zero-order valence-corrected chi connectivity index (χ0v) is 19.8. The van der Waals surface area contributed by atoms with Crippen LogP contribution in [0.2, 0.25) is 0 Å². The van der Waals surface area contributed by atoms with Gasteiger partial charge in [0, 0.05) is 24.8 Å². The fraction of sp³-hybridized carbons (Fsp3) is 0.440. The van der Waals surface area contributed by atoms with Crippen molar-refractivity contribution in [3.63, 3.8) is 0 Å². The summed E-state index contributed by atoms with van der Waals surface area (Å²) in [4.78, 5) is 20.8. The average molecular weight is 465 g/mol. The fourth-order valence-electron chi connectivity index (χ4n) is 4.13. The molecule has 1 saturated carbocycles. The largest absolute Gasteiger partial charge is 0.477 e. The number of hydrogen-bond donors (Lipinski definition) is 0. The van der Waals surface area contributed by atoms with Gasteiger partial charge in [0.1, 0.15) is 23.0 Å². The number of fused-ring (bicyclic) bond motifs is 2. The fourth-order valence-corrected chi connectivity index (χ4v) is 4.13. The standard InChI is InChI=1S/C25H28N4O5/c1-5-31-24-17-13-20(33-19(17)8-9-26-24)18-14-27-21-6-7-22(28-29(18)21)32-16-10-15(11-16)12-23(30)34-25(2,3)4/h6-9,13-16H,5,10-12H2,1-4H3. The SMILES string of the molecule is CCOc1nccc2oc(-c3cnc4ccc(OC5CC(CC(=O)OC(C)(C)C)C5)nn34)cc12. The number of rotatable bonds is 7. The molecule has 1 aliphatic rings. The number of imidazole rings is 1. The third-order valence-corrected chi connectivity index (χ3v) is 5.64. The van der Waals surface area contributed by atoms with Crippen molar-refractivity contribution in [2.75, 3.05) is 6.61 Å². The van der Waals surface area contributed by atoms with Crippen molar-refractivity contribution in [2.45, 2.75) is 58.7 Å². The first-order valence-electron chi connectivity index (χ1n) is 11.5. The Labute approximate surface area is 197 Å². The minimum absolute atomic E-state index is 0.0235. The van der Waals surface area contributed by atoms with Gasteiger partial charge in [-0.3, -0.25) is 4.79 Å². The minimum atomic E-state index is -0.459. The van der Waals surface area contributed by atoms with Gasteiger partial charge >= 0.3 is 5.97 Å². The van der Waals surface area contributed by atoms with E-state index >= 15 is 0 Å². The molecule has 0 atom stereocenters. The van der Waals surface area contributed by atoms with E-state index in [2.05, 4.69) is 15.1 Å². The predicted molar refractivity (Wildman–Crippen MR) is 125 cm³/mol. The van der Waals surface area contributed by atoms with Gasteiger partial charge in [-0.05, 0) is 58.6 Å². The van der Waals surface area contributed by atoms with E-state index in [1.54, 1.807) is 23.0 Å². The summed E-state index contributed by atoms with van der Waals surface area (Å²) >= 11 is 0. The molecule has 0 radical (unpaired) electrons. The van der Waals surface area contributed by atoms with E-state index in [1.807, 2.05) is 45.9 Å². The molecule has 34 heavy (non-hydrogen) atoms. The Bertz CT molecular complexity index is 1330. The third-order valence-electron chi connectivity index (χ3n) is 5.64. The Balaban J connectivity index is 1.30. The lowest BCUT2D eigenvalue weighted by atomic mass is 9.80. The van der Waals surface area contributed by atoms with Gasteiger partial charge in [-0.25, -0.2) is 14.5 Å². The Morgan fingerprint density at radius 1 is 1.21 bits per heavy atom. The van der Waals surface area contributed by atoms with E-state index in [1.165, 1.54) is 0 Å². The predicted octanol–water partition coefficient (Wildman–Crippen LogP) is 4.83. The van der Waals surface area contributed by atoms with Crippen LogP contribution < -0.4 is 9.47 Å². The molecule has 0 N–H and O–H groups in total. The molecule has 4 aromatic rings. The van der Waals surface area contributed by atoms with Gasteiger partial charge in [0.2, 0.25) is 11.8 Å². The van der Waals surface area contributed by atoms with Crippen molar-refractivity contribution in [1.29, 1.82) is 0 Å². The number of ether oxygens (including phenoxy) is 3. The van der Waals surface area contributed by atoms with Gasteiger partial charge in [-0.1, -0.05) is 0 Å². The van der Waals surface area contributed by atoms with Crippen molar-refractivity contribution >= 4 is 22.6 Å². The molecule has 0 aliphatic heterocycles. The van der Waals surface area contributed by atoms with Crippen molar-refractivity contribution in [3.8, 4) is 23.2 Å². The highest BCUT2D eigenvalue weighted by Crippen LogP contribution is 2.35. The summed E-state index contributed by atoms with van der Waals surface area (Å²) < 4.78 is 24.8. The molecule has 0 unspecified atom stereocenters.